The number of aliphatic hydroxyl groups excluding tert-OH is 1. The largest absolute Gasteiger partial charge is 0.481 e. The first-order valence-electron chi connectivity index (χ1n) is 8.35. The molecule has 1 atom stereocenters. The molecule has 0 unspecified atom stereocenters. The summed E-state index contributed by atoms with van der Waals surface area (Å²) in [5.41, 5.74) is 0. The Labute approximate surface area is 140 Å². The molecule has 3 heteroatoms. The summed E-state index contributed by atoms with van der Waals surface area (Å²) in [5.74, 6) is -0.743. The SMILES string of the molecule is CC/C=C/C/C=C/C=C/[C@H](O)C/C=C/C/C=C/CCCC(=O)O. The molecule has 0 rings (SSSR count). The fourth-order valence-corrected chi connectivity index (χ4v) is 1.77. The summed E-state index contributed by atoms with van der Waals surface area (Å²) < 4.78 is 0. The van der Waals surface area contributed by atoms with E-state index in [1.54, 1.807) is 6.08 Å². The van der Waals surface area contributed by atoms with Crippen LogP contribution in [0, 0.1) is 0 Å². The Kier molecular flexibility index (Phi) is 15.2. The molecule has 0 radical (unpaired) electrons. The second-order valence-electron chi connectivity index (χ2n) is 5.20. The van der Waals surface area contributed by atoms with Gasteiger partial charge in [-0.05, 0) is 38.5 Å². The van der Waals surface area contributed by atoms with Gasteiger partial charge in [0.2, 0.25) is 0 Å². The van der Waals surface area contributed by atoms with Crippen LogP contribution in [0.25, 0.3) is 0 Å². The van der Waals surface area contributed by atoms with Crippen LogP contribution in [0.15, 0.2) is 60.8 Å². The monoisotopic (exact) mass is 318 g/mol. The lowest BCUT2D eigenvalue weighted by atomic mass is 10.2. The van der Waals surface area contributed by atoms with Crippen LogP contribution in [0.1, 0.15) is 51.9 Å². The average molecular weight is 318 g/mol. The molecule has 0 heterocycles. The third kappa shape index (κ3) is 18.1. The van der Waals surface area contributed by atoms with Crippen molar-refractivity contribution in [1.82, 2.24) is 0 Å². The number of carboxylic acids is 1. The minimum atomic E-state index is -0.743. The van der Waals surface area contributed by atoms with Gasteiger partial charge in [-0.25, -0.2) is 0 Å². The van der Waals surface area contributed by atoms with Crippen molar-refractivity contribution >= 4 is 5.97 Å². The van der Waals surface area contributed by atoms with Gasteiger partial charge in [0.15, 0.2) is 0 Å². The predicted octanol–water partition coefficient (Wildman–Crippen LogP) is 4.96. The van der Waals surface area contributed by atoms with Crippen molar-refractivity contribution in [3.8, 4) is 0 Å². The van der Waals surface area contributed by atoms with Gasteiger partial charge in [0.25, 0.3) is 0 Å². The summed E-state index contributed by atoms with van der Waals surface area (Å²) in [5, 5.41) is 18.2. The lowest BCUT2D eigenvalue weighted by Gasteiger charge is -1.98. The van der Waals surface area contributed by atoms with Gasteiger partial charge >= 0.3 is 5.97 Å². The van der Waals surface area contributed by atoms with E-state index in [1.165, 1.54) is 0 Å². The number of aliphatic hydroxyl groups is 1. The number of allylic oxidation sites excluding steroid dienone is 8. The molecule has 128 valence electrons. The summed E-state index contributed by atoms with van der Waals surface area (Å²) in [7, 11) is 0. The van der Waals surface area contributed by atoms with Crippen molar-refractivity contribution < 1.29 is 15.0 Å². The van der Waals surface area contributed by atoms with Crippen LogP contribution in [-0.4, -0.2) is 22.3 Å². The van der Waals surface area contributed by atoms with Crippen LogP contribution in [0.5, 0.6) is 0 Å². The lowest BCUT2D eigenvalue weighted by molar-refractivity contribution is -0.137. The first kappa shape index (κ1) is 21.1. The van der Waals surface area contributed by atoms with Crippen molar-refractivity contribution in [2.24, 2.45) is 0 Å². The van der Waals surface area contributed by atoms with Gasteiger partial charge in [0.05, 0.1) is 6.10 Å². The van der Waals surface area contributed by atoms with Crippen LogP contribution >= 0.6 is 0 Å². The van der Waals surface area contributed by atoms with Crippen LogP contribution in [0.4, 0.5) is 0 Å². The molecule has 23 heavy (non-hydrogen) atoms. The first-order chi connectivity index (χ1) is 11.2. The molecule has 0 aromatic heterocycles. The Morgan fingerprint density at radius 3 is 2.39 bits per heavy atom. The number of aliphatic carboxylic acids is 1. The fraction of sp³-hybridized carbons (Fsp3) is 0.450. The zero-order valence-corrected chi connectivity index (χ0v) is 14.1. The van der Waals surface area contributed by atoms with Crippen molar-refractivity contribution in [2.75, 3.05) is 0 Å². The maximum Gasteiger partial charge on any atom is 0.303 e. The molecule has 0 saturated heterocycles. The topological polar surface area (TPSA) is 57.5 Å². The summed E-state index contributed by atoms with van der Waals surface area (Å²) in [4.78, 5) is 10.3. The van der Waals surface area contributed by atoms with Crippen molar-refractivity contribution in [3.05, 3.63) is 60.8 Å². The standard InChI is InChI=1S/C20H30O3/c1-2-3-4-5-7-10-13-16-19(21)17-14-11-8-6-9-12-15-18-20(22)23/h3-4,6-7,9-11,13-14,16,19,21H,2,5,8,12,15,17-18H2,1H3,(H,22,23)/b4-3+,9-6+,10-7+,14-11+,16-13+/t19-/m0/s1. The Morgan fingerprint density at radius 2 is 1.65 bits per heavy atom. The smallest absolute Gasteiger partial charge is 0.303 e. The second kappa shape index (κ2) is 16.5. The number of unbranched alkanes of at least 4 members (excludes halogenated alkanes) is 1. The van der Waals surface area contributed by atoms with Crippen LogP contribution in [-0.2, 0) is 4.79 Å². The van der Waals surface area contributed by atoms with Crippen LogP contribution in [0.3, 0.4) is 0 Å². The van der Waals surface area contributed by atoms with Gasteiger partial charge in [-0.15, -0.1) is 0 Å². The quantitative estimate of drug-likeness (QED) is 0.286. The highest BCUT2D eigenvalue weighted by molar-refractivity contribution is 5.66. The summed E-state index contributed by atoms with van der Waals surface area (Å²) in [6.07, 6.45) is 24.6. The maximum atomic E-state index is 10.3. The fourth-order valence-electron chi connectivity index (χ4n) is 1.77. The van der Waals surface area contributed by atoms with E-state index in [4.69, 9.17) is 5.11 Å². The van der Waals surface area contributed by atoms with Gasteiger partial charge in [-0.1, -0.05) is 67.7 Å². The highest BCUT2D eigenvalue weighted by atomic mass is 16.4. The highest BCUT2D eigenvalue weighted by Gasteiger charge is 1.93. The molecule has 0 saturated carbocycles. The summed E-state index contributed by atoms with van der Waals surface area (Å²) >= 11 is 0. The molecule has 0 spiro atoms. The minimum Gasteiger partial charge on any atom is -0.481 e. The lowest BCUT2D eigenvalue weighted by Crippen LogP contribution is -1.98. The molecular weight excluding hydrogens is 288 g/mol. The number of hydrogen-bond donors (Lipinski definition) is 2. The molecule has 0 fully saturated rings. The number of carboxylic acid groups (broad SMARTS) is 1. The first-order valence-corrected chi connectivity index (χ1v) is 8.35. The minimum absolute atomic E-state index is 0.224. The summed E-state index contributed by atoms with van der Waals surface area (Å²) in [6.45, 7) is 2.11. The van der Waals surface area contributed by atoms with E-state index in [0.29, 0.717) is 12.8 Å². The van der Waals surface area contributed by atoms with Crippen molar-refractivity contribution in [3.63, 3.8) is 0 Å². The number of hydrogen-bond acceptors (Lipinski definition) is 2. The molecule has 0 aromatic rings. The summed E-state index contributed by atoms with van der Waals surface area (Å²) in [6, 6.07) is 0. The Morgan fingerprint density at radius 1 is 0.957 bits per heavy atom. The Hall–Kier alpha value is -1.87. The molecule has 2 N–H and O–H groups in total. The number of carbonyl (C=O) groups is 1. The average Bonchev–Trinajstić information content (AvgIpc) is 2.52. The van der Waals surface area contributed by atoms with E-state index in [-0.39, 0.29) is 6.42 Å². The van der Waals surface area contributed by atoms with Gasteiger partial charge in [-0.2, -0.15) is 0 Å². The molecule has 0 aliphatic heterocycles. The molecule has 0 bridgehead atoms. The molecule has 0 aromatic carbocycles. The van der Waals surface area contributed by atoms with Crippen molar-refractivity contribution in [1.29, 1.82) is 0 Å². The Balaban J connectivity index is 3.67. The van der Waals surface area contributed by atoms with Gasteiger partial charge < -0.3 is 10.2 Å². The van der Waals surface area contributed by atoms with Gasteiger partial charge in [-0.3, -0.25) is 4.79 Å². The third-order valence-corrected chi connectivity index (χ3v) is 3.00. The molecular formula is C20H30O3. The van der Waals surface area contributed by atoms with Crippen LogP contribution < -0.4 is 0 Å². The normalized spacial score (nSPS) is 14.2. The van der Waals surface area contributed by atoms with E-state index in [1.807, 2.05) is 36.5 Å². The molecule has 0 aliphatic carbocycles. The third-order valence-electron chi connectivity index (χ3n) is 3.00. The maximum absolute atomic E-state index is 10.3. The van der Waals surface area contributed by atoms with Crippen molar-refractivity contribution in [2.45, 2.75) is 58.0 Å². The molecule has 0 aliphatic rings. The van der Waals surface area contributed by atoms with E-state index >= 15 is 0 Å². The van der Waals surface area contributed by atoms with E-state index < -0.39 is 12.1 Å². The van der Waals surface area contributed by atoms with E-state index in [2.05, 4.69) is 25.2 Å². The molecule has 0 amide bonds. The Bertz CT molecular complexity index is 428. The van der Waals surface area contributed by atoms with Gasteiger partial charge in [0.1, 0.15) is 0 Å². The zero-order chi connectivity index (χ0) is 17.2. The number of rotatable bonds is 13. The molecule has 3 nitrogen and oxygen atoms in total. The second-order valence-corrected chi connectivity index (χ2v) is 5.20. The van der Waals surface area contributed by atoms with E-state index in [0.717, 1.165) is 25.7 Å². The van der Waals surface area contributed by atoms with Gasteiger partial charge in [0, 0.05) is 6.42 Å². The predicted molar refractivity (Wildman–Crippen MR) is 97.3 cm³/mol. The van der Waals surface area contributed by atoms with E-state index in [9.17, 15) is 9.90 Å². The highest BCUT2D eigenvalue weighted by Crippen LogP contribution is 2.00. The zero-order valence-electron chi connectivity index (χ0n) is 14.1. The van der Waals surface area contributed by atoms with Crippen LogP contribution in [0.2, 0.25) is 0 Å².